The topological polar surface area (TPSA) is 35.2 Å². The first-order valence-electron chi connectivity index (χ1n) is 7.20. The Morgan fingerprint density at radius 1 is 1.05 bits per heavy atom. The van der Waals surface area contributed by atoms with Gasteiger partial charge in [-0.25, -0.2) is 0 Å². The van der Waals surface area contributed by atoms with Crippen LogP contribution in [0.4, 0.5) is 0 Å². The fourth-order valence-corrected chi connectivity index (χ4v) is 2.39. The molecule has 0 aliphatic heterocycles. The normalized spacial score (nSPS) is 12.2. The standard InChI is InChI=1S/C18H23NO/c1-3-5-14-8-10-16(11-9-14)18(19)13-15-6-4-7-17(12-15)20-2/h4,6-12,18H,3,5,13,19H2,1-2H3. The monoisotopic (exact) mass is 269 g/mol. The lowest BCUT2D eigenvalue weighted by Gasteiger charge is -2.13. The number of hydrogen-bond donors (Lipinski definition) is 1. The first kappa shape index (κ1) is 14.6. The Balaban J connectivity index is 2.05. The van der Waals surface area contributed by atoms with Crippen molar-refractivity contribution in [1.82, 2.24) is 0 Å². The van der Waals surface area contributed by atoms with Crippen molar-refractivity contribution in [2.75, 3.05) is 7.11 Å². The summed E-state index contributed by atoms with van der Waals surface area (Å²) in [4.78, 5) is 0. The maximum atomic E-state index is 6.30. The Morgan fingerprint density at radius 2 is 1.80 bits per heavy atom. The molecule has 0 radical (unpaired) electrons. The summed E-state index contributed by atoms with van der Waals surface area (Å²) < 4.78 is 5.24. The van der Waals surface area contributed by atoms with E-state index in [4.69, 9.17) is 10.5 Å². The molecule has 20 heavy (non-hydrogen) atoms. The van der Waals surface area contributed by atoms with Gasteiger partial charge < -0.3 is 10.5 Å². The molecule has 0 heterocycles. The summed E-state index contributed by atoms with van der Waals surface area (Å²) in [6.45, 7) is 2.20. The summed E-state index contributed by atoms with van der Waals surface area (Å²) >= 11 is 0. The first-order chi connectivity index (χ1) is 9.72. The zero-order chi connectivity index (χ0) is 14.4. The van der Waals surface area contributed by atoms with E-state index in [1.807, 2.05) is 18.2 Å². The molecule has 0 saturated heterocycles. The molecule has 2 heteroatoms. The van der Waals surface area contributed by atoms with Crippen molar-refractivity contribution in [2.45, 2.75) is 32.2 Å². The van der Waals surface area contributed by atoms with Crippen LogP contribution in [-0.4, -0.2) is 7.11 Å². The summed E-state index contributed by atoms with van der Waals surface area (Å²) in [7, 11) is 1.69. The van der Waals surface area contributed by atoms with Crippen molar-refractivity contribution >= 4 is 0 Å². The second kappa shape index (κ2) is 7.11. The summed E-state index contributed by atoms with van der Waals surface area (Å²) in [6.07, 6.45) is 3.13. The average Bonchev–Trinajstić information content (AvgIpc) is 2.48. The van der Waals surface area contributed by atoms with Crippen LogP contribution in [0.1, 0.15) is 36.1 Å². The van der Waals surface area contributed by atoms with E-state index >= 15 is 0 Å². The lowest BCUT2D eigenvalue weighted by atomic mass is 9.98. The van der Waals surface area contributed by atoms with Gasteiger partial charge in [-0.3, -0.25) is 0 Å². The molecular formula is C18H23NO. The third-order valence-electron chi connectivity index (χ3n) is 3.54. The van der Waals surface area contributed by atoms with Crippen LogP contribution in [0.25, 0.3) is 0 Å². The number of benzene rings is 2. The molecular weight excluding hydrogens is 246 g/mol. The highest BCUT2D eigenvalue weighted by Crippen LogP contribution is 2.20. The van der Waals surface area contributed by atoms with E-state index in [0.717, 1.165) is 18.6 Å². The highest BCUT2D eigenvalue weighted by atomic mass is 16.5. The van der Waals surface area contributed by atoms with Crippen LogP contribution >= 0.6 is 0 Å². The van der Waals surface area contributed by atoms with Crippen LogP contribution in [-0.2, 0) is 12.8 Å². The Labute approximate surface area is 121 Å². The molecule has 1 unspecified atom stereocenters. The second-order valence-electron chi connectivity index (χ2n) is 5.15. The SMILES string of the molecule is CCCc1ccc(C(N)Cc2cccc(OC)c2)cc1. The first-order valence-corrected chi connectivity index (χ1v) is 7.20. The third-order valence-corrected chi connectivity index (χ3v) is 3.54. The number of hydrogen-bond acceptors (Lipinski definition) is 2. The second-order valence-corrected chi connectivity index (χ2v) is 5.15. The highest BCUT2D eigenvalue weighted by Gasteiger charge is 2.07. The number of methoxy groups -OCH3 is 1. The molecule has 0 fully saturated rings. The van der Waals surface area contributed by atoms with Crippen molar-refractivity contribution in [3.8, 4) is 5.75 Å². The van der Waals surface area contributed by atoms with Gasteiger partial charge in [-0.1, -0.05) is 49.7 Å². The van der Waals surface area contributed by atoms with Crippen molar-refractivity contribution in [3.05, 3.63) is 65.2 Å². The molecule has 1 atom stereocenters. The smallest absolute Gasteiger partial charge is 0.119 e. The van der Waals surface area contributed by atoms with Gasteiger partial charge in [0.1, 0.15) is 5.75 Å². The Hall–Kier alpha value is -1.80. The molecule has 2 rings (SSSR count). The van der Waals surface area contributed by atoms with Crippen molar-refractivity contribution < 1.29 is 4.74 Å². The molecule has 0 saturated carbocycles. The van der Waals surface area contributed by atoms with E-state index in [0.29, 0.717) is 0 Å². The predicted octanol–water partition coefficient (Wildman–Crippen LogP) is 3.89. The van der Waals surface area contributed by atoms with Crippen LogP contribution in [0.5, 0.6) is 5.75 Å². The van der Waals surface area contributed by atoms with Crippen LogP contribution in [0.3, 0.4) is 0 Å². The fourth-order valence-electron chi connectivity index (χ4n) is 2.39. The summed E-state index contributed by atoms with van der Waals surface area (Å²) in [5.74, 6) is 0.882. The number of nitrogens with two attached hydrogens (primary N) is 1. The molecule has 0 aliphatic rings. The number of ether oxygens (including phenoxy) is 1. The number of rotatable bonds is 6. The lowest BCUT2D eigenvalue weighted by Crippen LogP contribution is -2.13. The van der Waals surface area contributed by atoms with E-state index < -0.39 is 0 Å². The maximum absolute atomic E-state index is 6.30. The van der Waals surface area contributed by atoms with Gasteiger partial charge in [0.2, 0.25) is 0 Å². The van der Waals surface area contributed by atoms with Gasteiger partial charge in [0, 0.05) is 6.04 Å². The van der Waals surface area contributed by atoms with Gasteiger partial charge in [-0.15, -0.1) is 0 Å². The minimum absolute atomic E-state index is 0.0257. The van der Waals surface area contributed by atoms with Crippen LogP contribution in [0, 0.1) is 0 Å². The van der Waals surface area contributed by atoms with E-state index in [9.17, 15) is 0 Å². The Kier molecular flexibility index (Phi) is 5.19. The zero-order valence-corrected chi connectivity index (χ0v) is 12.3. The van der Waals surface area contributed by atoms with Gasteiger partial charge in [0.05, 0.1) is 7.11 Å². The molecule has 0 aliphatic carbocycles. The maximum Gasteiger partial charge on any atom is 0.119 e. The van der Waals surface area contributed by atoms with Gasteiger partial charge in [0.25, 0.3) is 0 Å². The molecule has 0 aromatic heterocycles. The minimum atomic E-state index is 0.0257. The van der Waals surface area contributed by atoms with Crippen LogP contribution in [0.15, 0.2) is 48.5 Å². The van der Waals surface area contributed by atoms with Crippen molar-refractivity contribution in [2.24, 2.45) is 5.73 Å². The molecule has 2 aromatic rings. The summed E-state index contributed by atoms with van der Waals surface area (Å²) in [6, 6.07) is 16.8. The van der Waals surface area contributed by atoms with Crippen molar-refractivity contribution in [1.29, 1.82) is 0 Å². The highest BCUT2D eigenvalue weighted by molar-refractivity contribution is 5.31. The van der Waals surface area contributed by atoms with E-state index in [1.54, 1.807) is 7.11 Å². The quantitative estimate of drug-likeness (QED) is 0.863. The molecule has 2 nitrogen and oxygen atoms in total. The zero-order valence-electron chi connectivity index (χ0n) is 12.3. The minimum Gasteiger partial charge on any atom is -0.497 e. The van der Waals surface area contributed by atoms with Gasteiger partial charge in [-0.05, 0) is 41.7 Å². The molecule has 2 N–H and O–H groups in total. The molecule has 0 bridgehead atoms. The van der Waals surface area contributed by atoms with Gasteiger partial charge in [0.15, 0.2) is 0 Å². The third kappa shape index (κ3) is 3.84. The summed E-state index contributed by atoms with van der Waals surface area (Å²) in [5.41, 5.74) is 10.1. The molecule has 106 valence electrons. The average molecular weight is 269 g/mol. The largest absolute Gasteiger partial charge is 0.497 e. The molecule has 0 spiro atoms. The predicted molar refractivity (Wildman–Crippen MR) is 84.1 cm³/mol. The molecule has 0 amide bonds. The summed E-state index contributed by atoms with van der Waals surface area (Å²) in [5, 5.41) is 0. The fraction of sp³-hybridized carbons (Fsp3) is 0.333. The van der Waals surface area contributed by atoms with E-state index in [2.05, 4.69) is 37.3 Å². The van der Waals surface area contributed by atoms with Gasteiger partial charge >= 0.3 is 0 Å². The Bertz CT molecular complexity index is 533. The molecule has 2 aromatic carbocycles. The van der Waals surface area contributed by atoms with Crippen molar-refractivity contribution in [3.63, 3.8) is 0 Å². The van der Waals surface area contributed by atoms with E-state index in [-0.39, 0.29) is 6.04 Å². The Morgan fingerprint density at radius 3 is 2.45 bits per heavy atom. The van der Waals surface area contributed by atoms with Crippen LogP contribution < -0.4 is 10.5 Å². The van der Waals surface area contributed by atoms with Gasteiger partial charge in [-0.2, -0.15) is 0 Å². The number of aryl methyl sites for hydroxylation is 1. The van der Waals surface area contributed by atoms with E-state index in [1.165, 1.54) is 23.1 Å². The lowest BCUT2D eigenvalue weighted by molar-refractivity contribution is 0.414. The van der Waals surface area contributed by atoms with Crippen LogP contribution in [0.2, 0.25) is 0 Å².